The molecule has 2 rings (SSSR count). The maximum Gasteiger partial charge on any atom is 1.00 e. The fraction of sp³-hybridized carbons (Fsp3) is 0.222. The zero-order valence-corrected chi connectivity index (χ0v) is 15.0. The van der Waals surface area contributed by atoms with Gasteiger partial charge in [-0.1, -0.05) is 0 Å². The van der Waals surface area contributed by atoms with Gasteiger partial charge in [-0.3, -0.25) is 4.79 Å². The Morgan fingerprint density at radius 2 is 2.13 bits per heavy atom. The Morgan fingerprint density at radius 3 is 2.80 bits per heavy atom. The second-order valence-electron chi connectivity index (χ2n) is 3.09. The van der Waals surface area contributed by atoms with Gasteiger partial charge in [0.25, 0.3) is 0 Å². The molecule has 0 atom stereocenters. The Kier molecular flexibility index (Phi) is 4.79. The summed E-state index contributed by atoms with van der Waals surface area (Å²) >= 11 is 3.19. The molecule has 1 aliphatic carbocycles. The zero-order chi connectivity index (χ0) is 10.3. The molecular weight excluding hydrogens is 331 g/mol. The van der Waals surface area contributed by atoms with E-state index in [1.54, 1.807) is 6.08 Å². The zero-order valence-electron chi connectivity index (χ0n) is 8.47. The van der Waals surface area contributed by atoms with Crippen molar-refractivity contribution in [2.24, 2.45) is 0 Å². The first-order valence-corrected chi connectivity index (χ1v) is 4.86. The van der Waals surface area contributed by atoms with Crippen molar-refractivity contribution in [2.75, 3.05) is 0 Å². The van der Waals surface area contributed by atoms with Gasteiger partial charge in [0.2, 0.25) is 0 Å². The molecule has 1 aromatic heterocycles. The Labute approximate surface area is 145 Å². The molecule has 4 nitrogen and oxygen atoms in total. The van der Waals surface area contributed by atoms with Gasteiger partial charge in [0.05, 0.1) is 4.48 Å². The molecule has 1 heterocycles. The van der Waals surface area contributed by atoms with Crippen molar-refractivity contribution in [3.8, 4) is 0 Å². The summed E-state index contributed by atoms with van der Waals surface area (Å²) in [6.45, 7) is 1.81. The third-order valence-corrected chi connectivity index (χ3v) is 2.75. The van der Waals surface area contributed by atoms with Crippen LogP contribution in [0.3, 0.4) is 0 Å². The third-order valence-electron chi connectivity index (χ3n) is 2.08. The molecule has 0 saturated carbocycles. The topological polar surface area (TPSA) is 66.7 Å². The Balaban J connectivity index is 0.00000112. The first-order chi connectivity index (χ1) is 6.58. The molecule has 0 fully saturated rings. The summed E-state index contributed by atoms with van der Waals surface area (Å²) in [4.78, 5) is 19.2. The Morgan fingerprint density at radius 1 is 1.47 bits per heavy atom. The summed E-state index contributed by atoms with van der Waals surface area (Å²) in [6.07, 6.45) is 1.97. The molecule has 0 amide bonds. The number of carbonyl (C=O) groups is 1. The number of ketones is 1. The Bertz CT molecular complexity index is 459. The number of allylic oxidation sites excluding steroid dienone is 1. The molecule has 0 aromatic carbocycles. The van der Waals surface area contributed by atoms with E-state index in [9.17, 15) is 4.79 Å². The van der Waals surface area contributed by atoms with Gasteiger partial charge in [0.1, 0.15) is 0 Å². The van der Waals surface area contributed by atoms with Gasteiger partial charge in [-0.05, 0) is 45.9 Å². The predicted octanol–water partition coefficient (Wildman–Crippen LogP) is -0.666. The van der Waals surface area contributed by atoms with E-state index < -0.39 is 0 Å². The summed E-state index contributed by atoms with van der Waals surface area (Å²) in [5, 5.41) is 0. The third kappa shape index (κ3) is 2.82. The van der Waals surface area contributed by atoms with Crippen LogP contribution in [-0.2, 0) is 11.2 Å². The molecule has 0 bridgehead atoms. The SMILES string of the molecule is Cc1nc([NH-])nc2c1C=C(Br)C(=O)C2.[Rb+]. The standard InChI is InChI=1S/C9H8BrN3O.Rb/c1-4-5-2-6(10)8(14)3-7(5)13-9(11)12-4;/h2H,3H2,1H3,(H2,11,12,13,14);/q;+1/p-1. The number of aryl methyl sites for hydroxylation is 1. The predicted molar refractivity (Wildman–Crippen MR) is 56.4 cm³/mol. The van der Waals surface area contributed by atoms with Crippen LogP contribution in [0.25, 0.3) is 11.8 Å². The first-order valence-electron chi connectivity index (χ1n) is 4.07. The summed E-state index contributed by atoms with van der Waals surface area (Å²) in [5.74, 6) is -0.0320. The van der Waals surface area contributed by atoms with Crippen molar-refractivity contribution < 1.29 is 63.0 Å². The molecule has 1 aliphatic rings. The van der Waals surface area contributed by atoms with Gasteiger partial charge >= 0.3 is 58.2 Å². The van der Waals surface area contributed by atoms with Crippen molar-refractivity contribution in [3.63, 3.8) is 0 Å². The van der Waals surface area contributed by atoms with Crippen molar-refractivity contribution in [3.05, 3.63) is 27.2 Å². The van der Waals surface area contributed by atoms with Crippen molar-refractivity contribution in [1.29, 1.82) is 0 Å². The summed E-state index contributed by atoms with van der Waals surface area (Å²) < 4.78 is 0.550. The minimum absolute atomic E-state index is 0. The van der Waals surface area contributed by atoms with Crippen LogP contribution in [0.1, 0.15) is 17.0 Å². The largest absolute Gasteiger partial charge is 1.00 e. The Hall–Kier alpha value is 0.575. The average molecular weight is 339 g/mol. The number of nitrogens with zero attached hydrogens (tertiary/aromatic N) is 2. The second kappa shape index (κ2) is 5.27. The van der Waals surface area contributed by atoms with Crippen LogP contribution in [0.15, 0.2) is 4.48 Å². The first kappa shape index (κ1) is 13.6. The van der Waals surface area contributed by atoms with Gasteiger partial charge in [-0.2, -0.15) is 0 Å². The van der Waals surface area contributed by atoms with E-state index in [0.29, 0.717) is 10.2 Å². The second-order valence-corrected chi connectivity index (χ2v) is 3.94. The molecule has 6 heteroatoms. The van der Waals surface area contributed by atoms with Gasteiger partial charge in [-0.15, -0.1) is 0 Å². The molecule has 0 unspecified atom stereocenters. The molecule has 1 aromatic rings. The number of Topliss-reactive ketones (excluding diaryl/α,β-unsaturated/α-hetero) is 1. The number of hydrogen-bond donors (Lipinski definition) is 0. The maximum atomic E-state index is 11.3. The number of rotatable bonds is 0. The fourth-order valence-electron chi connectivity index (χ4n) is 1.41. The normalized spacial score (nSPS) is 14.0. The van der Waals surface area contributed by atoms with Crippen LogP contribution in [0.5, 0.6) is 0 Å². The van der Waals surface area contributed by atoms with Crippen LogP contribution in [-0.4, -0.2) is 15.8 Å². The van der Waals surface area contributed by atoms with Gasteiger partial charge < -0.3 is 15.7 Å². The number of fused-ring (bicyclic) bond motifs is 1. The smallest absolute Gasteiger partial charge is 0.410 e. The number of carbonyl (C=O) groups excluding carboxylic acids is 1. The fourth-order valence-corrected chi connectivity index (χ4v) is 1.78. The van der Waals surface area contributed by atoms with Crippen molar-refractivity contribution >= 4 is 33.7 Å². The van der Waals surface area contributed by atoms with E-state index in [1.165, 1.54) is 0 Å². The molecule has 1 N–H and O–H groups in total. The molecule has 15 heavy (non-hydrogen) atoms. The van der Waals surface area contributed by atoms with Gasteiger partial charge in [-0.25, -0.2) is 0 Å². The summed E-state index contributed by atoms with van der Waals surface area (Å²) in [7, 11) is 0. The van der Waals surface area contributed by atoms with Gasteiger partial charge in [0.15, 0.2) is 5.78 Å². The quantitative estimate of drug-likeness (QED) is 0.630. The van der Waals surface area contributed by atoms with Gasteiger partial charge in [0, 0.05) is 12.4 Å². The number of halogens is 1. The minimum Gasteiger partial charge on any atom is -0.410 e. The average Bonchev–Trinajstić information content (AvgIpc) is 2.08. The summed E-state index contributed by atoms with van der Waals surface area (Å²) in [6, 6.07) is 0. The summed E-state index contributed by atoms with van der Waals surface area (Å²) in [5.41, 5.74) is 9.57. The number of nitrogens with one attached hydrogen (secondary N) is 1. The van der Waals surface area contributed by atoms with E-state index in [-0.39, 0.29) is 76.3 Å². The molecule has 0 aliphatic heterocycles. The molecular formula is C9H7BrN3ORb. The van der Waals surface area contributed by atoms with E-state index in [1.807, 2.05) is 6.92 Å². The molecule has 0 spiro atoms. The molecule has 0 saturated heterocycles. The van der Waals surface area contributed by atoms with E-state index in [0.717, 1.165) is 11.3 Å². The molecule has 72 valence electrons. The van der Waals surface area contributed by atoms with Crippen molar-refractivity contribution in [1.82, 2.24) is 9.97 Å². The van der Waals surface area contributed by atoms with Crippen LogP contribution < -0.4 is 58.2 Å². The van der Waals surface area contributed by atoms with E-state index in [2.05, 4.69) is 25.9 Å². The minimum atomic E-state index is -0.0273. The number of aromatic nitrogens is 2. The van der Waals surface area contributed by atoms with Crippen LogP contribution in [0, 0.1) is 6.92 Å². The van der Waals surface area contributed by atoms with Crippen molar-refractivity contribution in [2.45, 2.75) is 13.3 Å². The van der Waals surface area contributed by atoms with Crippen LogP contribution in [0.2, 0.25) is 0 Å². The monoisotopic (exact) mass is 337 g/mol. The van der Waals surface area contributed by atoms with Crippen LogP contribution in [0.4, 0.5) is 5.95 Å². The maximum absolute atomic E-state index is 11.3. The number of hydrogen-bond acceptors (Lipinski definition) is 3. The van der Waals surface area contributed by atoms with E-state index in [4.69, 9.17) is 5.73 Å². The molecule has 0 radical (unpaired) electrons. The van der Waals surface area contributed by atoms with E-state index >= 15 is 0 Å². The van der Waals surface area contributed by atoms with Crippen LogP contribution >= 0.6 is 15.9 Å².